The highest BCUT2D eigenvalue weighted by atomic mass is 32.1. The van der Waals surface area contributed by atoms with Crippen LogP contribution in [0.2, 0.25) is 0 Å². The number of carbonyl (C=O) groups is 1. The van der Waals surface area contributed by atoms with E-state index in [0.29, 0.717) is 5.13 Å². The van der Waals surface area contributed by atoms with Gasteiger partial charge in [-0.3, -0.25) is 5.32 Å². The van der Waals surface area contributed by atoms with Crippen LogP contribution in [0.1, 0.15) is 30.5 Å². The molecule has 0 saturated heterocycles. The molecule has 1 unspecified atom stereocenters. The van der Waals surface area contributed by atoms with E-state index in [2.05, 4.69) is 25.9 Å². The molecule has 0 spiro atoms. The monoisotopic (exact) mass is 342 g/mol. The first-order valence-corrected chi connectivity index (χ1v) is 8.47. The van der Waals surface area contributed by atoms with Gasteiger partial charge in [-0.2, -0.15) is 5.10 Å². The molecule has 3 rings (SSSR count). The Morgan fingerprint density at radius 1 is 1.33 bits per heavy atom. The highest BCUT2D eigenvalue weighted by molar-refractivity contribution is 7.15. The summed E-state index contributed by atoms with van der Waals surface area (Å²) in [5.41, 5.74) is 1.94. The number of carbonyl (C=O) groups excluding carboxylic acids is 1. The Kier molecular flexibility index (Phi) is 4.85. The van der Waals surface area contributed by atoms with Gasteiger partial charge in [-0.15, -0.1) is 10.2 Å². The number of benzene rings is 1. The Hall–Kier alpha value is -2.74. The predicted octanol–water partition coefficient (Wildman–Crippen LogP) is 3.17. The third-order valence-corrected chi connectivity index (χ3v) is 4.46. The van der Waals surface area contributed by atoms with Crippen molar-refractivity contribution in [3.05, 3.63) is 53.3 Å². The molecule has 2 amide bonds. The van der Waals surface area contributed by atoms with Crippen molar-refractivity contribution >= 4 is 22.5 Å². The van der Waals surface area contributed by atoms with Crippen LogP contribution in [0.4, 0.5) is 9.93 Å². The first kappa shape index (κ1) is 16.1. The highest BCUT2D eigenvalue weighted by Gasteiger charge is 2.12. The van der Waals surface area contributed by atoms with Crippen molar-refractivity contribution in [1.29, 1.82) is 0 Å². The summed E-state index contributed by atoms with van der Waals surface area (Å²) in [7, 11) is 0. The molecule has 7 nitrogen and oxygen atoms in total. The Morgan fingerprint density at radius 2 is 2.21 bits per heavy atom. The zero-order chi connectivity index (χ0) is 16.9. The van der Waals surface area contributed by atoms with Crippen LogP contribution in [0, 0.1) is 0 Å². The lowest BCUT2D eigenvalue weighted by Gasteiger charge is -2.15. The molecule has 0 aliphatic carbocycles. The zero-order valence-corrected chi connectivity index (χ0v) is 14.2. The molecule has 1 aromatic carbocycles. The Bertz CT molecular complexity index is 814. The number of hydrogen-bond donors (Lipinski definition) is 2. The summed E-state index contributed by atoms with van der Waals surface area (Å²) < 4.78 is 1.78. The van der Waals surface area contributed by atoms with E-state index in [1.807, 2.05) is 50.4 Å². The molecule has 0 fully saturated rings. The molecule has 8 heteroatoms. The molecule has 0 saturated carbocycles. The quantitative estimate of drug-likeness (QED) is 0.746. The summed E-state index contributed by atoms with van der Waals surface area (Å²) in [5.74, 6) is 0. The maximum atomic E-state index is 12.1. The van der Waals surface area contributed by atoms with Gasteiger partial charge in [0, 0.05) is 12.4 Å². The van der Waals surface area contributed by atoms with E-state index in [1.54, 1.807) is 10.9 Å². The lowest BCUT2D eigenvalue weighted by Crippen LogP contribution is -2.31. The molecule has 2 N–H and O–H groups in total. The van der Waals surface area contributed by atoms with Gasteiger partial charge in [0.2, 0.25) is 5.13 Å². The molecular formula is C16H18N6OS. The fourth-order valence-corrected chi connectivity index (χ4v) is 2.89. The number of urea groups is 1. The zero-order valence-electron chi connectivity index (χ0n) is 13.4. The molecule has 1 atom stereocenters. The minimum atomic E-state index is -0.300. The highest BCUT2D eigenvalue weighted by Crippen LogP contribution is 2.18. The fraction of sp³-hybridized carbons (Fsp3) is 0.250. The molecular weight excluding hydrogens is 324 g/mol. The molecule has 0 aliphatic rings. The van der Waals surface area contributed by atoms with Gasteiger partial charge in [-0.1, -0.05) is 30.4 Å². The van der Waals surface area contributed by atoms with Crippen LogP contribution in [-0.2, 0) is 6.42 Å². The summed E-state index contributed by atoms with van der Waals surface area (Å²) in [6, 6.07) is 9.30. The second-order valence-corrected chi connectivity index (χ2v) is 6.28. The van der Waals surface area contributed by atoms with Crippen LogP contribution >= 0.6 is 11.3 Å². The maximum Gasteiger partial charge on any atom is 0.321 e. The minimum Gasteiger partial charge on any atom is -0.331 e. The lowest BCUT2D eigenvalue weighted by atomic mass is 10.1. The number of nitrogens with zero attached hydrogens (tertiary/aromatic N) is 4. The standard InChI is InChI=1S/C16H18N6OS/c1-3-14-20-21-16(24-14)19-15(23)18-11(2)12-6-4-7-13(10-12)22-9-5-8-17-22/h4-11H,3H2,1-2H3,(H2,18,19,21,23). The van der Waals surface area contributed by atoms with Crippen molar-refractivity contribution in [2.75, 3.05) is 5.32 Å². The van der Waals surface area contributed by atoms with Gasteiger partial charge < -0.3 is 5.32 Å². The molecule has 3 aromatic rings. The fourth-order valence-electron chi connectivity index (χ4n) is 2.22. The van der Waals surface area contributed by atoms with Crippen LogP contribution in [0.3, 0.4) is 0 Å². The molecule has 0 radical (unpaired) electrons. The summed E-state index contributed by atoms with van der Waals surface area (Å²) in [6.07, 6.45) is 4.41. The van der Waals surface area contributed by atoms with E-state index in [0.717, 1.165) is 22.7 Å². The van der Waals surface area contributed by atoms with E-state index in [-0.39, 0.29) is 12.1 Å². The second-order valence-electron chi connectivity index (χ2n) is 5.22. The predicted molar refractivity (Wildman–Crippen MR) is 93.4 cm³/mol. The van der Waals surface area contributed by atoms with Crippen LogP contribution in [0.25, 0.3) is 5.69 Å². The molecule has 124 valence electrons. The van der Waals surface area contributed by atoms with E-state index >= 15 is 0 Å². The normalized spacial score (nSPS) is 11.9. The third-order valence-electron chi connectivity index (χ3n) is 3.48. The molecule has 2 heterocycles. The van der Waals surface area contributed by atoms with E-state index in [9.17, 15) is 4.79 Å². The average molecular weight is 342 g/mol. The third kappa shape index (κ3) is 3.77. The molecule has 0 bridgehead atoms. The van der Waals surface area contributed by atoms with Gasteiger partial charge >= 0.3 is 6.03 Å². The number of nitrogens with one attached hydrogen (secondary N) is 2. The van der Waals surface area contributed by atoms with Crippen LogP contribution in [0.5, 0.6) is 0 Å². The average Bonchev–Trinajstić information content (AvgIpc) is 3.26. The van der Waals surface area contributed by atoms with Crippen molar-refractivity contribution in [3.63, 3.8) is 0 Å². The largest absolute Gasteiger partial charge is 0.331 e. The summed E-state index contributed by atoms with van der Waals surface area (Å²) in [6.45, 7) is 3.93. The van der Waals surface area contributed by atoms with Gasteiger partial charge in [0.25, 0.3) is 0 Å². The first-order valence-electron chi connectivity index (χ1n) is 7.65. The van der Waals surface area contributed by atoms with Crippen molar-refractivity contribution in [3.8, 4) is 5.69 Å². The molecule has 0 aliphatic heterocycles. The smallest absolute Gasteiger partial charge is 0.321 e. The van der Waals surface area contributed by atoms with Gasteiger partial charge in [0.15, 0.2) is 0 Å². The summed E-state index contributed by atoms with van der Waals surface area (Å²) >= 11 is 1.38. The number of hydrogen-bond acceptors (Lipinski definition) is 5. The first-order chi connectivity index (χ1) is 11.7. The summed E-state index contributed by atoms with van der Waals surface area (Å²) in [5, 5.41) is 19.2. The van der Waals surface area contributed by atoms with Gasteiger partial charge in [0.05, 0.1) is 11.7 Å². The maximum absolute atomic E-state index is 12.1. The Morgan fingerprint density at radius 3 is 2.92 bits per heavy atom. The van der Waals surface area contributed by atoms with Crippen LogP contribution < -0.4 is 10.6 Å². The summed E-state index contributed by atoms with van der Waals surface area (Å²) in [4.78, 5) is 12.1. The van der Waals surface area contributed by atoms with Gasteiger partial charge in [-0.05, 0) is 37.1 Å². The van der Waals surface area contributed by atoms with Crippen molar-refractivity contribution < 1.29 is 4.79 Å². The van der Waals surface area contributed by atoms with E-state index in [1.165, 1.54) is 11.3 Å². The van der Waals surface area contributed by atoms with Crippen LogP contribution in [-0.4, -0.2) is 26.0 Å². The number of amides is 2. The topological polar surface area (TPSA) is 84.7 Å². The van der Waals surface area contributed by atoms with Crippen molar-refractivity contribution in [2.24, 2.45) is 0 Å². The van der Waals surface area contributed by atoms with E-state index < -0.39 is 0 Å². The minimum absolute atomic E-state index is 0.154. The van der Waals surface area contributed by atoms with Gasteiger partial charge in [-0.25, -0.2) is 9.48 Å². The molecule has 24 heavy (non-hydrogen) atoms. The van der Waals surface area contributed by atoms with Crippen LogP contribution in [0.15, 0.2) is 42.7 Å². The number of aromatic nitrogens is 4. The number of anilines is 1. The van der Waals surface area contributed by atoms with Crippen molar-refractivity contribution in [2.45, 2.75) is 26.3 Å². The second kappa shape index (κ2) is 7.22. The molecule has 2 aromatic heterocycles. The number of aryl methyl sites for hydroxylation is 1. The number of rotatable bonds is 5. The Balaban J connectivity index is 1.65. The van der Waals surface area contributed by atoms with Crippen molar-refractivity contribution in [1.82, 2.24) is 25.3 Å². The van der Waals surface area contributed by atoms with E-state index in [4.69, 9.17) is 0 Å². The van der Waals surface area contributed by atoms with Gasteiger partial charge in [0.1, 0.15) is 5.01 Å². The SMILES string of the molecule is CCc1nnc(NC(=O)NC(C)c2cccc(-n3cccn3)c2)s1. The Labute approximate surface area is 143 Å². The lowest BCUT2D eigenvalue weighted by molar-refractivity contribution is 0.249.